The summed E-state index contributed by atoms with van der Waals surface area (Å²) in [5.74, 6) is 0.189. The maximum Gasteiger partial charge on any atom is 0.148 e. The zero-order chi connectivity index (χ0) is 9.84. The Kier molecular flexibility index (Phi) is 3.81. The van der Waals surface area contributed by atoms with Gasteiger partial charge in [-0.15, -0.1) is 11.3 Å². The monoisotopic (exact) mass is 216 g/mol. The smallest absolute Gasteiger partial charge is 0.148 e. The van der Waals surface area contributed by atoms with E-state index in [1.807, 2.05) is 25.3 Å². The molecule has 1 aromatic heterocycles. The molecule has 1 aromatic rings. The summed E-state index contributed by atoms with van der Waals surface area (Å²) in [5, 5.41) is 1.87. The fraction of sp³-hybridized carbons (Fsp3) is 0.444. The largest absolute Gasteiger partial charge is 0.298 e. The Balaban J connectivity index is 2.57. The number of carbonyl (C=O) groups is 1. The van der Waals surface area contributed by atoms with Gasteiger partial charge < -0.3 is 0 Å². The first-order valence-electron chi connectivity index (χ1n) is 4.06. The molecule has 0 radical (unpaired) electrons. The van der Waals surface area contributed by atoms with Crippen LogP contribution < -0.4 is 0 Å². The van der Waals surface area contributed by atoms with Crippen LogP contribution in [0.1, 0.15) is 13.8 Å². The van der Waals surface area contributed by atoms with Gasteiger partial charge in [0.2, 0.25) is 0 Å². The number of carbonyl (C=O) groups excluding carboxylic acids is 1. The molecule has 0 amide bonds. The Bertz CT molecular complexity index is 301. The molecule has 1 unspecified atom stereocenters. The third kappa shape index (κ3) is 3.04. The van der Waals surface area contributed by atoms with Gasteiger partial charge in [-0.1, -0.05) is 19.9 Å². The number of rotatable bonds is 4. The lowest BCUT2D eigenvalue weighted by molar-refractivity contribution is -0.119. The molecule has 0 aliphatic heterocycles. The molecule has 0 saturated heterocycles. The highest BCUT2D eigenvalue weighted by atomic mass is 32.2. The van der Waals surface area contributed by atoms with E-state index in [4.69, 9.17) is 0 Å². The van der Waals surface area contributed by atoms with Crippen LogP contribution in [0.2, 0.25) is 0 Å². The summed E-state index contributed by atoms with van der Waals surface area (Å²) in [6.45, 7) is 3.65. The Morgan fingerprint density at radius 2 is 2.31 bits per heavy atom. The van der Waals surface area contributed by atoms with Crippen LogP contribution in [0.5, 0.6) is 0 Å². The van der Waals surface area contributed by atoms with Crippen molar-refractivity contribution >= 4 is 27.9 Å². The highest BCUT2D eigenvalue weighted by Gasteiger charge is 2.13. The van der Waals surface area contributed by atoms with E-state index < -0.39 is 10.8 Å². The fourth-order valence-electron chi connectivity index (χ4n) is 0.760. The van der Waals surface area contributed by atoms with Crippen LogP contribution in [0.25, 0.3) is 0 Å². The first kappa shape index (κ1) is 10.6. The van der Waals surface area contributed by atoms with Gasteiger partial charge in [-0.25, -0.2) is 0 Å². The van der Waals surface area contributed by atoms with E-state index in [1.165, 1.54) is 11.3 Å². The number of Topliss-reactive ketones (excluding diaryl/α,β-unsaturated/α-hetero) is 1. The molecule has 0 N–H and O–H groups in total. The summed E-state index contributed by atoms with van der Waals surface area (Å²) in [6.07, 6.45) is 0. The lowest BCUT2D eigenvalue weighted by Crippen LogP contribution is -2.15. The van der Waals surface area contributed by atoms with Crippen LogP contribution in [-0.2, 0) is 15.6 Å². The highest BCUT2D eigenvalue weighted by Crippen LogP contribution is 2.14. The third-order valence-corrected chi connectivity index (χ3v) is 4.28. The van der Waals surface area contributed by atoms with Crippen LogP contribution >= 0.6 is 11.3 Å². The van der Waals surface area contributed by atoms with Crippen LogP contribution in [0.3, 0.4) is 0 Å². The molecule has 0 spiro atoms. The van der Waals surface area contributed by atoms with Gasteiger partial charge in [0, 0.05) is 5.92 Å². The number of hydrogen-bond donors (Lipinski definition) is 0. The average molecular weight is 216 g/mol. The van der Waals surface area contributed by atoms with Crippen LogP contribution in [0.4, 0.5) is 0 Å². The van der Waals surface area contributed by atoms with Crippen molar-refractivity contribution in [3.63, 3.8) is 0 Å². The maximum atomic E-state index is 11.5. The minimum absolute atomic E-state index is 0.0242. The molecule has 0 fully saturated rings. The zero-order valence-corrected chi connectivity index (χ0v) is 9.28. The second-order valence-corrected chi connectivity index (χ2v) is 5.67. The van der Waals surface area contributed by atoms with Crippen molar-refractivity contribution in [3.05, 3.63) is 17.5 Å². The molecule has 1 rings (SSSR count). The summed E-state index contributed by atoms with van der Waals surface area (Å²) in [7, 11) is -1.13. The standard InChI is InChI=1S/C9H12O2S2/c1-7(2)8(10)6-13(11)9-4-3-5-12-9/h3-5,7H,6H2,1-2H3. The van der Waals surface area contributed by atoms with Crippen molar-refractivity contribution in [2.75, 3.05) is 5.75 Å². The lowest BCUT2D eigenvalue weighted by Gasteiger charge is -2.01. The molecule has 0 aliphatic rings. The topological polar surface area (TPSA) is 34.1 Å². The second kappa shape index (κ2) is 4.67. The van der Waals surface area contributed by atoms with Crippen molar-refractivity contribution in [2.45, 2.75) is 18.1 Å². The Hall–Kier alpha value is -0.480. The molecule has 4 heteroatoms. The van der Waals surface area contributed by atoms with Crippen LogP contribution in [0, 0.1) is 5.92 Å². The molecule has 2 nitrogen and oxygen atoms in total. The normalized spacial score (nSPS) is 13.2. The maximum absolute atomic E-state index is 11.5. The SMILES string of the molecule is CC(C)C(=O)CS(=O)c1cccs1. The summed E-state index contributed by atoms with van der Waals surface area (Å²) in [4.78, 5) is 11.3. The van der Waals surface area contributed by atoms with Crippen molar-refractivity contribution in [1.82, 2.24) is 0 Å². The minimum Gasteiger partial charge on any atom is -0.298 e. The quantitative estimate of drug-likeness (QED) is 0.772. The second-order valence-electron chi connectivity index (χ2n) is 3.04. The third-order valence-electron chi connectivity index (χ3n) is 1.64. The zero-order valence-electron chi connectivity index (χ0n) is 7.65. The first-order chi connectivity index (χ1) is 6.11. The van der Waals surface area contributed by atoms with Gasteiger partial charge in [0.1, 0.15) is 5.78 Å². The molecule has 0 aliphatic carbocycles. The summed E-state index contributed by atoms with van der Waals surface area (Å²) in [5.41, 5.74) is 0. The van der Waals surface area contributed by atoms with E-state index in [2.05, 4.69) is 0 Å². The summed E-state index contributed by atoms with van der Waals surface area (Å²) >= 11 is 1.43. The number of ketones is 1. The van der Waals surface area contributed by atoms with E-state index in [9.17, 15) is 9.00 Å². The highest BCUT2D eigenvalue weighted by molar-refractivity contribution is 7.88. The number of hydrogen-bond acceptors (Lipinski definition) is 3. The molecule has 1 heterocycles. The Morgan fingerprint density at radius 1 is 1.62 bits per heavy atom. The summed E-state index contributed by atoms with van der Waals surface area (Å²) in [6, 6.07) is 3.64. The molecule has 13 heavy (non-hydrogen) atoms. The van der Waals surface area contributed by atoms with Crippen molar-refractivity contribution in [1.29, 1.82) is 0 Å². The van der Waals surface area contributed by atoms with E-state index in [1.54, 1.807) is 6.07 Å². The number of thiophene rings is 1. The minimum atomic E-state index is -1.13. The van der Waals surface area contributed by atoms with E-state index in [0.717, 1.165) is 4.21 Å². The van der Waals surface area contributed by atoms with Gasteiger partial charge in [-0.05, 0) is 11.4 Å². The molecule has 0 bridgehead atoms. The molecule has 0 saturated carbocycles. The van der Waals surface area contributed by atoms with E-state index >= 15 is 0 Å². The first-order valence-corrected chi connectivity index (χ1v) is 6.25. The predicted molar refractivity (Wildman–Crippen MR) is 55.4 cm³/mol. The molecular weight excluding hydrogens is 204 g/mol. The van der Waals surface area contributed by atoms with Gasteiger partial charge in [0.15, 0.2) is 0 Å². The van der Waals surface area contributed by atoms with Crippen LogP contribution in [-0.4, -0.2) is 15.7 Å². The van der Waals surface area contributed by atoms with Crippen molar-refractivity contribution in [3.8, 4) is 0 Å². The average Bonchev–Trinajstić information content (AvgIpc) is 2.55. The summed E-state index contributed by atoms with van der Waals surface area (Å²) < 4.78 is 12.3. The molecule has 72 valence electrons. The van der Waals surface area contributed by atoms with Gasteiger partial charge in [-0.3, -0.25) is 9.00 Å². The Morgan fingerprint density at radius 3 is 2.77 bits per heavy atom. The van der Waals surface area contributed by atoms with Gasteiger partial charge >= 0.3 is 0 Å². The Labute approximate surface area is 84.4 Å². The molecular formula is C9H12O2S2. The van der Waals surface area contributed by atoms with E-state index in [-0.39, 0.29) is 17.5 Å². The lowest BCUT2D eigenvalue weighted by atomic mass is 10.1. The van der Waals surface area contributed by atoms with Crippen molar-refractivity contribution in [2.24, 2.45) is 5.92 Å². The fourth-order valence-corrected chi connectivity index (χ4v) is 2.95. The van der Waals surface area contributed by atoms with Gasteiger partial charge in [0.25, 0.3) is 0 Å². The van der Waals surface area contributed by atoms with Crippen molar-refractivity contribution < 1.29 is 9.00 Å². The molecule has 1 atom stereocenters. The van der Waals surface area contributed by atoms with Crippen LogP contribution in [0.15, 0.2) is 21.7 Å². The van der Waals surface area contributed by atoms with E-state index in [0.29, 0.717) is 0 Å². The molecule has 0 aromatic carbocycles. The van der Waals surface area contributed by atoms with Gasteiger partial charge in [0.05, 0.1) is 20.8 Å². The predicted octanol–water partition coefficient (Wildman–Crippen LogP) is 2.08. The van der Waals surface area contributed by atoms with Gasteiger partial charge in [-0.2, -0.15) is 0 Å².